The summed E-state index contributed by atoms with van der Waals surface area (Å²) < 4.78 is 1.84. The fourth-order valence-corrected chi connectivity index (χ4v) is 3.49. The molecule has 0 aliphatic carbocycles. The zero-order valence-corrected chi connectivity index (χ0v) is 17.5. The molecule has 4 aromatic rings. The number of aryl methyl sites for hydroxylation is 1. The molecule has 0 saturated heterocycles. The van der Waals surface area contributed by atoms with Crippen LogP contribution in [0.4, 0.5) is 17.2 Å². The molecule has 0 radical (unpaired) electrons. The van der Waals surface area contributed by atoms with Gasteiger partial charge in [-0.05, 0) is 24.6 Å². The van der Waals surface area contributed by atoms with Gasteiger partial charge in [0.1, 0.15) is 5.82 Å². The van der Waals surface area contributed by atoms with E-state index in [1.54, 1.807) is 18.5 Å². The van der Waals surface area contributed by atoms with Crippen molar-refractivity contribution in [2.45, 2.75) is 6.42 Å². The number of hydrogen-bond donors (Lipinski definition) is 1. The van der Waals surface area contributed by atoms with E-state index in [0.717, 1.165) is 40.3 Å². The van der Waals surface area contributed by atoms with Gasteiger partial charge in [0.05, 0.1) is 12.3 Å². The van der Waals surface area contributed by atoms with Crippen LogP contribution in [0.1, 0.15) is 5.56 Å². The average Bonchev–Trinajstić information content (AvgIpc) is 3.21. The van der Waals surface area contributed by atoms with Crippen molar-refractivity contribution >= 4 is 17.2 Å². The molecule has 2 aromatic carbocycles. The van der Waals surface area contributed by atoms with Crippen LogP contribution in [0, 0.1) is 6.57 Å². The van der Waals surface area contributed by atoms with E-state index in [-0.39, 0.29) is 0 Å². The summed E-state index contributed by atoms with van der Waals surface area (Å²) in [4.78, 5) is 14.7. The summed E-state index contributed by atoms with van der Waals surface area (Å²) in [6, 6.07) is 17.6. The molecule has 31 heavy (non-hydrogen) atoms. The predicted molar refractivity (Wildman–Crippen MR) is 123 cm³/mol. The first-order valence-corrected chi connectivity index (χ1v) is 9.96. The molecule has 0 amide bonds. The number of rotatable bonds is 6. The van der Waals surface area contributed by atoms with Crippen LogP contribution >= 0.6 is 0 Å². The molecular formula is C24H23N7. The van der Waals surface area contributed by atoms with Crippen molar-refractivity contribution in [2.75, 3.05) is 18.5 Å². The van der Waals surface area contributed by atoms with Crippen molar-refractivity contribution in [1.29, 1.82) is 0 Å². The first-order valence-electron chi connectivity index (χ1n) is 9.96. The maximum absolute atomic E-state index is 7.44. The van der Waals surface area contributed by atoms with E-state index in [4.69, 9.17) is 12.3 Å². The summed E-state index contributed by atoms with van der Waals surface area (Å²) >= 11 is 0. The Morgan fingerprint density at radius 3 is 2.48 bits per heavy atom. The van der Waals surface area contributed by atoms with Crippen molar-refractivity contribution in [2.24, 2.45) is 12.8 Å². The molecule has 0 unspecified atom stereocenters. The summed E-state index contributed by atoms with van der Waals surface area (Å²) in [6.07, 6.45) is 4.35. The van der Waals surface area contributed by atoms with E-state index in [2.05, 4.69) is 19.9 Å². The predicted octanol–water partition coefficient (Wildman–Crippen LogP) is 4.36. The first-order chi connectivity index (χ1) is 15.1. The van der Waals surface area contributed by atoms with Crippen molar-refractivity contribution in [3.63, 3.8) is 0 Å². The minimum atomic E-state index is 0.552. The number of benzene rings is 2. The van der Waals surface area contributed by atoms with Crippen LogP contribution in [0.25, 0.3) is 27.5 Å². The molecule has 0 aliphatic rings. The lowest BCUT2D eigenvalue weighted by Crippen LogP contribution is -2.15. The van der Waals surface area contributed by atoms with Crippen LogP contribution in [-0.2, 0) is 13.5 Å². The lowest BCUT2D eigenvalue weighted by atomic mass is 10.1. The van der Waals surface area contributed by atoms with Crippen LogP contribution in [0.3, 0.4) is 0 Å². The number of nitrogens with two attached hydrogens (primary N) is 1. The Labute approximate surface area is 181 Å². The number of aromatic nitrogens is 4. The normalized spacial score (nSPS) is 10.6. The molecule has 4 rings (SSSR count). The molecule has 154 valence electrons. The lowest BCUT2D eigenvalue weighted by Gasteiger charge is -2.22. The largest absolute Gasteiger partial charge is 0.330 e. The lowest BCUT2D eigenvalue weighted by molar-refractivity contribution is 0.763. The van der Waals surface area contributed by atoms with Crippen molar-refractivity contribution in [3.05, 3.63) is 84.0 Å². The Hall–Kier alpha value is -4.02. The second-order valence-electron chi connectivity index (χ2n) is 7.20. The van der Waals surface area contributed by atoms with Crippen molar-refractivity contribution < 1.29 is 0 Å². The maximum Gasteiger partial charge on any atom is 0.189 e. The van der Waals surface area contributed by atoms with Gasteiger partial charge in [0.2, 0.25) is 0 Å². The third kappa shape index (κ3) is 4.15. The van der Waals surface area contributed by atoms with Gasteiger partial charge in [0, 0.05) is 49.4 Å². The fraction of sp³-hybridized carbons (Fsp3) is 0.167. The topological polar surface area (TPSA) is 77.2 Å². The van der Waals surface area contributed by atoms with E-state index in [1.807, 2.05) is 72.2 Å². The average molecular weight is 409 g/mol. The van der Waals surface area contributed by atoms with Crippen molar-refractivity contribution in [3.8, 4) is 22.6 Å². The van der Waals surface area contributed by atoms with Gasteiger partial charge in [-0.1, -0.05) is 42.5 Å². The SMILES string of the molecule is [C-]#[N+]c1ccc(-c2ncc(CCN)cn2)c(N(C)c2cc(-c3ccccc3)nn2C)c1. The first kappa shape index (κ1) is 20.3. The molecule has 0 bridgehead atoms. The summed E-state index contributed by atoms with van der Waals surface area (Å²) in [7, 11) is 3.87. The minimum Gasteiger partial charge on any atom is -0.330 e. The molecule has 2 aromatic heterocycles. The minimum absolute atomic E-state index is 0.552. The Morgan fingerprint density at radius 2 is 1.81 bits per heavy atom. The summed E-state index contributed by atoms with van der Waals surface area (Å²) in [6.45, 7) is 8.00. The van der Waals surface area contributed by atoms with E-state index >= 15 is 0 Å². The molecule has 7 heteroatoms. The number of anilines is 2. The van der Waals surface area contributed by atoms with Gasteiger partial charge in [0.15, 0.2) is 11.5 Å². The molecule has 7 nitrogen and oxygen atoms in total. The molecular weight excluding hydrogens is 386 g/mol. The van der Waals surface area contributed by atoms with Crippen LogP contribution in [0.2, 0.25) is 0 Å². The highest BCUT2D eigenvalue weighted by Crippen LogP contribution is 2.36. The molecule has 0 aliphatic heterocycles. The molecule has 0 fully saturated rings. The van der Waals surface area contributed by atoms with E-state index < -0.39 is 0 Å². The number of hydrogen-bond acceptors (Lipinski definition) is 5. The summed E-state index contributed by atoms with van der Waals surface area (Å²) in [5, 5.41) is 4.68. The highest BCUT2D eigenvalue weighted by molar-refractivity contribution is 5.82. The van der Waals surface area contributed by atoms with E-state index in [1.165, 1.54) is 0 Å². The Morgan fingerprint density at radius 1 is 1.06 bits per heavy atom. The Balaban J connectivity index is 1.77. The third-order valence-electron chi connectivity index (χ3n) is 5.12. The zero-order valence-electron chi connectivity index (χ0n) is 17.5. The molecule has 0 atom stereocenters. The molecule has 0 spiro atoms. The highest BCUT2D eigenvalue weighted by atomic mass is 15.4. The van der Waals surface area contributed by atoms with Gasteiger partial charge in [-0.25, -0.2) is 14.8 Å². The zero-order chi connectivity index (χ0) is 21.8. The summed E-state index contributed by atoms with van der Waals surface area (Å²) in [5.74, 6) is 1.49. The second-order valence-corrected chi connectivity index (χ2v) is 7.20. The number of nitrogens with zero attached hydrogens (tertiary/aromatic N) is 6. The van der Waals surface area contributed by atoms with Gasteiger partial charge < -0.3 is 10.6 Å². The van der Waals surface area contributed by atoms with Crippen LogP contribution in [0.15, 0.2) is 67.0 Å². The highest BCUT2D eigenvalue weighted by Gasteiger charge is 2.18. The van der Waals surface area contributed by atoms with Gasteiger partial charge >= 0.3 is 0 Å². The second kappa shape index (κ2) is 8.78. The van der Waals surface area contributed by atoms with Gasteiger partial charge in [-0.3, -0.25) is 4.68 Å². The monoisotopic (exact) mass is 409 g/mol. The van der Waals surface area contributed by atoms with E-state index in [9.17, 15) is 0 Å². The van der Waals surface area contributed by atoms with Crippen LogP contribution in [-0.4, -0.2) is 33.3 Å². The molecule has 2 N–H and O–H groups in total. The van der Waals surface area contributed by atoms with Gasteiger partial charge in [-0.15, -0.1) is 0 Å². The van der Waals surface area contributed by atoms with Crippen LogP contribution in [0.5, 0.6) is 0 Å². The standard InChI is InChI=1S/C24H23N7/c1-26-19-9-10-20(24-27-15-17(11-12-25)16-28-24)22(13-19)30(2)23-14-21(29-31(23)3)18-7-5-4-6-8-18/h4-10,13-16H,11-12,25H2,2-3H3. The molecule has 2 heterocycles. The quantitative estimate of drug-likeness (QED) is 0.479. The smallest absolute Gasteiger partial charge is 0.189 e. The fourth-order valence-electron chi connectivity index (χ4n) is 3.49. The summed E-state index contributed by atoms with van der Waals surface area (Å²) in [5.41, 5.74) is 10.8. The van der Waals surface area contributed by atoms with Crippen LogP contribution < -0.4 is 10.6 Å². The van der Waals surface area contributed by atoms with Crippen molar-refractivity contribution in [1.82, 2.24) is 19.7 Å². The third-order valence-corrected chi connectivity index (χ3v) is 5.12. The van der Waals surface area contributed by atoms with Gasteiger partial charge in [0.25, 0.3) is 0 Å². The van der Waals surface area contributed by atoms with E-state index in [0.29, 0.717) is 18.1 Å². The Bertz CT molecular complexity index is 1220. The van der Waals surface area contributed by atoms with Gasteiger partial charge in [-0.2, -0.15) is 5.10 Å². The Kier molecular flexibility index (Phi) is 5.74. The molecule has 0 saturated carbocycles. The maximum atomic E-state index is 7.44.